The fourth-order valence-corrected chi connectivity index (χ4v) is 0.695. The maximum Gasteiger partial charge on any atom is 0.237 e. The monoisotopic (exact) mass is 201 g/mol. The van der Waals surface area contributed by atoms with Crippen LogP contribution in [0.5, 0.6) is 0 Å². The van der Waals surface area contributed by atoms with E-state index in [-0.39, 0.29) is 12.5 Å². The molecule has 0 saturated carbocycles. The van der Waals surface area contributed by atoms with Gasteiger partial charge in [-0.05, 0) is 20.8 Å². The van der Waals surface area contributed by atoms with Crippen LogP contribution in [0.4, 0.5) is 0 Å². The number of amides is 2. The highest BCUT2D eigenvalue weighted by molar-refractivity contribution is 5.85. The van der Waals surface area contributed by atoms with Gasteiger partial charge in [-0.1, -0.05) is 0 Å². The number of nitrogens with one attached hydrogen (secondary N) is 1. The van der Waals surface area contributed by atoms with E-state index in [2.05, 4.69) is 5.32 Å². The van der Waals surface area contributed by atoms with Crippen LogP contribution in [0.2, 0.25) is 0 Å². The Labute approximate surface area is 84.6 Å². The molecule has 5 heteroatoms. The predicted molar refractivity (Wildman–Crippen MR) is 54.6 cm³/mol. The first-order chi connectivity index (χ1) is 6.31. The molecule has 0 spiro atoms. The average molecular weight is 201 g/mol. The minimum absolute atomic E-state index is 0.0539. The lowest BCUT2D eigenvalue weighted by Crippen LogP contribution is -2.53. The maximum atomic E-state index is 11.4. The minimum atomic E-state index is -0.843. The molecule has 0 aromatic heterocycles. The van der Waals surface area contributed by atoms with Crippen LogP contribution in [0.3, 0.4) is 0 Å². The first-order valence-corrected chi connectivity index (χ1v) is 4.60. The molecule has 0 fully saturated rings. The zero-order valence-corrected chi connectivity index (χ0v) is 9.26. The summed E-state index contributed by atoms with van der Waals surface area (Å²) in [5.41, 5.74) is 4.30. The van der Waals surface area contributed by atoms with Crippen LogP contribution in [0.1, 0.15) is 20.8 Å². The lowest BCUT2D eigenvalue weighted by Gasteiger charge is -2.23. The van der Waals surface area contributed by atoms with Crippen LogP contribution in [0, 0.1) is 0 Å². The summed E-state index contributed by atoms with van der Waals surface area (Å²) in [7, 11) is 1.71. The Morgan fingerprint density at radius 1 is 1.43 bits per heavy atom. The molecule has 0 bridgehead atoms. The molecule has 2 amide bonds. The van der Waals surface area contributed by atoms with Crippen molar-refractivity contribution in [1.82, 2.24) is 10.2 Å². The van der Waals surface area contributed by atoms with Gasteiger partial charge in [-0.25, -0.2) is 0 Å². The van der Waals surface area contributed by atoms with Gasteiger partial charge in [0.15, 0.2) is 0 Å². The van der Waals surface area contributed by atoms with Crippen molar-refractivity contribution in [2.24, 2.45) is 5.73 Å². The van der Waals surface area contributed by atoms with Gasteiger partial charge in [0.1, 0.15) is 0 Å². The highest BCUT2D eigenvalue weighted by Crippen LogP contribution is 1.99. The van der Waals surface area contributed by atoms with E-state index < -0.39 is 11.4 Å². The van der Waals surface area contributed by atoms with Crippen molar-refractivity contribution in [1.29, 1.82) is 0 Å². The van der Waals surface area contributed by atoms with Gasteiger partial charge < -0.3 is 10.6 Å². The van der Waals surface area contributed by atoms with Gasteiger partial charge in [-0.15, -0.1) is 0 Å². The lowest BCUT2D eigenvalue weighted by atomic mass is 10.1. The van der Waals surface area contributed by atoms with Crippen molar-refractivity contribution in [3.63, 3.8) is 0 Å². The summed E-state index contributed by atoms with van der Waals surface area (Å²) in [5, 5.41) is 2.81. The van der Waals surface area contributed by atoms with Crippen molar-refractivity contribution in [2.45, 2.75) is 26.3 Å². The topological polar surface area (TPSA) is 75.4 Å². The summed E-state index contributed by atoms with van der Waals surface area (Å²) >= 11 is 0. The van der Waals surface area contributed by atoms with Gasteiger partial charge in [0.2, 0.25) is 11.8 Å². The van der Waals surface area contributed by atoms with E-state index in [1.54, 1.807) is 25.8 Å². The third-order valence-corrected chi connectivity index (χ3v) is 2.20. The maximum absolute atomic E-state index is 11.4. The first kappa shape index (κ1) is 12.9. The molecule has 0 aromatic rings. The van der Waals surface area contributed by atoms with Crippen LogP contribution in [0.15, 0.2) is 0 Å². The number of hydrogen-bond acceptors (Lipinski definition) is 3. The zero-order valence-electron chi connectivity index (χ0n) is 9.26. The van der Waals surface area contributed by atoms with Crippen LogP contribution < -0.4 is 11.1 Å². The van der Waals surface area contributed by atoms with E-state index in [0.29, 0.717) is 6.54 Å². The number of nitrogens with two attached hydrogens (primary N) is 1. The summed E-state index contributed by atoms with van der Waals surface area (Å²) in [6, 6.07) is 0. The Kier molecular flexibility index (Phi) is 4.56. The molecular weight excluding hydrogens is 182 g/mol. The largest absolute Gasteiger partial charge is 0.368 e. The lowest BCUT2D eigenvalue weighted by molar-refractivity contribution is -0.129. The van der Waals surface area contributed by atoms with Crippen molar-refractivity contribution < 1.29 is 9.59 Å². The molecule has 0 aromatic carbocycles. The van der Waals surface area contributed by atoms with Crippen molar-refractivity contribution in [3.05, 3.63) is 0 Å². The molecule has 82 valence electrons. The molecule has 0 saturated heterocycles. The molecular formula is C9H19N3O2. The second kappa shape index (κ2) is 4.95. The molecule has 0 aliphatic heterocycles. The van der Waals surface area contributed by atoms with E-state index in [0.717, 1.165) is 0 Å². The number of carbonyl (C=O) groups is 2. The number of rotatable bonds is 5. The molecule has 0 aliphatic carbocycles. The second-order valence-electron chi connectivity index (χ2n) is 3.75. The molecule has 14 heavy (non-hydrogen) atoms. The van der Waals surface area contributed by atoms with E-state index in [9.17, 15) is 9.59 Å². The van der Waals surface area contributed by atoms with Crippen molar-refractivity contribution >= 4 is 11.8 Å². The van der Waals surface area contributed by atoms with Gasteiger partial charge in [0.05, 0.1) is 12.1 Å². The first-order valence-electron chi connectivity index (χ1n) is 4.60. The van der Waals surface area contributed by atoms with E-state index >= 15 is 0 Å². The molecule has 0 atom stereocenters. The number of likely N-dealkylation sites (N-methyl/N-ethyl adjacent to an activating group) is 1. The average Bonchev–Trinajstić information content (AvgIpc) is 2.12. The Hall–Kier alpha value is -1.10. The highest BCUT2D eigenvalue weighted by Gasteiger charge is 2.25. The fourth-order valence-electron chi connectivity index (χ4n) is 0.695. The summed E-state index contributed by atoms with van der Waals surface area (Å²) in [4.78, 5) is 23.8. The Morgan fingerprint density at radius 3 is 2.29 bits per heavy atom. The molecule has 0 heterocycles. The van der Waals surface area contributed by atoms with E-state index in [4.69, 9.17) is 5.73 Å². The number of nitrogens with zero attached hydrogens (tertiary/aromatic N) is 1. The van der Waals surface area contributed by atoms with Crippen molar-refractivity contribution in [2.75, 3.05) is 20.1 Å². The van der Waals surface area contributed by atoms with Gasteiger partial charge in [-0.2, -0.15) is 0 Å². The Balaban J connectivity index is 4.06. The standard InChI is InChI=1S/C9H19N3O2/c1-5-12(4)7(13)6-11-9(2,3)8(10)14/h11H,5-6H2,1-4H3,(H2,10,14). The Bertz CT molecular complexity index is 226. The smallest absolute Gasteiger partial charge is 0.237 e. The quantitative estimate of drug-likeness (QED) is 0.618. The normalized spacial score (nSPS) is 11.1. The zero-order chi connectivity index (χ0) is 11.4. The van der Waals surface area contributed by atoms with Gasteiger partial charge in [0, 0.05) is 13.6 Å². The Morgan fingerprint density at radius 2 is 1.93 bits per heavy atom. The van der Waals surface area contributed by atoms with Crippen LogP contribution >= 0.6 is 0 Å². The number of primary amides is 1. The minimum Gasteiger partial charge on any atom is -0.368 e. The second-order valence-corrected chi connectivity index (χ2v) is 3.75. The summed E-state index contributed by atoms with van der Waals surface area (Å²) in [6.45, 7) is 5.96. The molecule has 3 N–H and O–H groups in total. The van der Waals surface area contributed by atoms with Gasteiger partial charge in [0.25, 0.3) is 0 Å². The van der Waals surface area contributed by atoms with Crippen molar-refractivity contribution in [3.8, 4) is 0 Å². The van der Waals surface area contributed by atoms with E-state index in [1.807, 2.05) is 6.92 Å². The predicted octanol–water partition coefficient (Wildman–Crippen LogP) is -0.682. The molecule has 0 radical (unpaired) electrons. The van der Waals surface area contributed by atoms with Crippen LogP contribution in [0.25, 0.3) is 0 Å². The number of carbonyl (C=O) groups excluding carboxylic acids is 2. The molecule has 5 nitrogen and oxygen atoms in total. The molecule has 0 rings (SSSR count). The fraction of sp³-hybridized carbons (Fsp3) is 0.778. The third-order valence-electron chi connectivity index (χ3n) is 2.20. The van der Waals surface area contributed by atoms with Crippen LogP contribution in [-0.4, -0.2) is 42.4 Å². The highest BCUT2D eigenvalue weighted by atomic mass is 16.2. The van der Waals surface area contributed by atoms with E-state index in [1.165, 1.54) is 0 Å². The molecule has 0 unspecified atom stereocenters. The summed E-state index contributed by atoms with van der Waals surface area (Å²) in [5.74, 6) is -0.522. The van der Waals surface area contributed by atoms with Gasteiger partial charge >= 0.3 is 0 Å². The van der Waals surface area contributed by atoms with Gasteiger partial charge in [-0.3, -0.25) is 14.9 Å². The third kappa shape index (κ3) is 3.74. The number of hydrogen-bond donors (Lipinski definition) is 2. The SMILES string of the molecule is CCN(C)C(=O)CNC(C)(C)C(N)=O. The summed E-state index contributed by atoms with van der Waals surface area (Å²) in [6.07, 6.45) is 0. The summed E-state index contributed by atoms with van der Waals surface area (Å²) < 4.78 is 0. The van der Waals surface area contributed by atoms with Crippen LogP contribution in [-0.2, 0) is 9.59 Å². The molecule has 0 aliphatic rings.